The standard InChI is InChI=1S/C20H26N3OP/c24-25(21-13-4-1-5-14-21)22-15-7-10-18(22)16-23(25)20-12-6-9-17-8-2-3-11-19(17)20/h2-3,6,8-9,11-12,18H,1,4-5,7,10,13-16H2/t18-,25?/m0/s1. The third kappa shape index (κ3) is 2.38. The fourth-order valence-electron chi connectivity index (χ4n) is 4.92. The molecule has 0 bridgehead atoms. The number of fused-ring (bicyclic) bond motifs is 2. The first-order valence-electron chi connectivity index (χ1n) is 9.67. The molecule has 3 aliphatic heterocycles. The monoisotopic (exact) mass is 355 g/mol. The average molecular weight is 355 g/mol. The highest BCUT2D eigenvalue weighted by atomic mass is 31.2. The van der Waals surface area contributed by atoms with Gasteiger partial charge < -0.3 is 0 Å². The molecule has 0 radical (unpaired) electrons. The molecule has 0 N–H and O–H groups in total. The van der Waals surface area contributed by atoms with E-state index in [9.17, 15) is 4.57 Å². The molecular weight excluding hydrogens is 329 g/mol. The van der Waals surface area contributed by atoms with Gasteiger partial charge in [0.2, 0.25) is 0 Å². The van der Waals surface area contributed by atoms with Crippen LogP contribution < -0.4 is 4.67 Å². The Morgan fingerprint density at radius 2 is 1.68 bits per heavy atom. The number of hydrogen-bond acceptors (Lipinski definition) is 1. The maximum Gasteiger partial charge on any atom is 0.311 e. The van der Waals surface area contributed by atoms with Crippen molar-refractivity contribution in [2.24, 2.45) is 0 Å². The van der Waals surface area contributed by atoms with Crippen LogP contribution in [0.15, 0.2) is 42.5 Å². The highest BCUT2D eigenvalue weighted by Crippen LogP contribution is 2.65. The lowest BCUT2D eigenvalue weighted by atomic mass is 10.1. The maximum absolute atomic E-state index is 14.5. The fourth-order valence-corrected chi connectivity index (χ4v) is 8.50. The number of benzene rings is 2. The second-order valence-electron chi connectivity index (χ2n) is 7.57. The SMILES string of the molecule is O=P1(N2CCCCC2)N(c2cccc3ccccc23)C[C@@H]2CCCN21. The molecule has 0 aromatic heterocycles. The van der Waals surface area contributed by atoms with Crippen LogP contribution in [0.1, 0.15) is 32.1 Å². The van der Waals surface area contributed by atoms with E-state index in [1.165, 1.54) is 42.9 Å². The van der Waals surface area contributed by atoms with Gasteiger partial charge in [-0.15, -0.1) is 0 Å². The van der Waals surface area contributed by atoms with E-state index in [0.717, 1.165) is 31.9 Å². The van der Waals surface area contributed by atoms with Gasteiger partial charge in [-0.25, -0.2) is 9.34 Å². The van der Waals surface area contributed by atoms with E-state index in [4.69, 9.17) is 0 Å². The predicted molar refractivity (Wildman–Crippen MR) is 104 cm³/mol. The number of nitrogens with zero attached hydrogens (tertiary/aromatic N) is 3. The Bertz CT molecular complexity index is 827. The molecule has 2 aromatic rings. The molecule has 1 unspecified atom stereocenters. The van der Waals surface area contributed by atoms with Crippen LogP contribution in [0.5, 0.6) is 0 Å². The van der Waals surface area contributed by atoms with Crippen molar-refractivity contribution in [2.45, 2.75) is 38.1 Å². The zero-order valence-corrected chi connectivity index (χ0v) is 15.6. The van der Waals surface area contributed by atoms with E-state index in [1.54, 1.807) is 0 Å². The van der Waals surface area contributed by atoms with Gasteiger partial charge in [-0.2, -0.15) is 0 Å². The Labute approximate surface area is 149 Å². The topological polar surface area (TPSA) is 26.8 Å². The molecule has 5 heteroatoms. The quantitative estimate of drug-likeness (QED) is 0.729. The summed E-state index contributed by atoms with van der Waals surface area (Å²) in [6.45, 7) is 3.84. The van der Waals surface area contributed by atoms with Crippen molar-refractivity contribution in [3.05, 3.63) is 42.5 Å². The minimum absolute atomic E-state index is 0.451. The summed E-state index contributed by atoms with van der Waals surface area (Å²) in [5.41, 5.74) is 1.15. The first-order chi connectivity index (χ1) is 12.3. The number of hydrogen-bond donors (Lipinski definition) is 0. The normalized spacial score (nSPS) is 30.9. The van der Waals surface area contributed by atoms with Crippen molar-refractivity contribution in [2.75, 3.05) is 30.8 Å². The molecule has 3 fully saturated rings. The van der Waals surface area contributed by atoms with Crippen LogP contribution in [0.3, 0.4) is 0 Å². The molecule has 0 spiro atoms. The number of anilines is 1. The van der Waals surface area contributed by atoms with E-state index in [-0.39, 0.29) is 0 Å². The third-order valence-electron chi connectivity index (χ3n) is 6.12. The lowest BCUT2D eigenvalue weighted by molar-refractivity contribution is 0.309. The molecule has 0 aliphatic carbocycles. The van der Waals surface area contributed by atoms with Crippen LogP contribution in [0, 0.1) is 0 Å². The molecule has 3 aliphatic rings. The largest absolute Gasteiger partial charge is 0.311 e. The Hall–Kier alpha value is -1.35. The fraction of sp³-hybridized carbons (Fsp3) is 0.500. The van der Waals surface area contributed by atoms with E-state index < -0.39 is 7.59 Å². The molecule has 132 valence electrons. The molecule has 2 atom stereocenters. The molecule has 4 nitrogen and oxygen atoms in total. The lowest BCUT2D eigenvalue weighted by Gasteiger charge is -2.41. The van der Waals surface area contributed by atoms with Crippen LogP contribution in [-0.4, -0.2) is 41.6 Å². The summed E-state index contributed by atoms with van der Waals surface area (Å²) in [6.07, 6.45) is 5.98. The lowest BCUT2D eigenvalue weighted by Crippen LogP contribution is -2.37. The number of rotatable bonds is 2. The average Bonchev–Trinajstić information content (AvgIpc) is 3.24. The van der Waals surface area contributed by atoms with Crippen LogP contribution in [0.2, 0.25) is 0 Å². The molecular formula is C20H26N3OP. The van der Waals surface area contributed by atoms with Gasteiger partial charge in [-0.3, -0.25) is 9.24 Å². The van der Waals surface area contributed by atoms with Gasteiger partial charge in [0.05, 0.1) is 5.69 Å². The summed E-state index contributed by atoms with van der Waals surface area (Å²) >= 11 is 0. The highest BCUT2D eigenvalue weighted by molar-refractivity contribution is 7.61. The van der Waals surface area contributed by atoms with Crippen LogP contribution in [0.25, 0.3) is 10.8 Å². The summed E-state index contributed by atoms with van der Waals surface area (Å²) in [4.78, 5) is 0. The van der Waals surface area contributed by atoms with Crippen LogP contribution >= 0.6 is 7.59 Å². The maximum atomic E-state index is 14.5. The summed E-state index contributed by atoms with van der Waals surface area (Å²) in [6, 6.07) is 15.4. The Balaban J connectivity index is 1.64. The smallest absolute Gasteiger partial charge is 0.297 e. The first-order valence-corrected chi connectivity index (χ1v) is 11.2. The van der Waals surface area contributed by atoms with Crippen molar-refractivity contribution in [3.63, 3.8) is 0 Å². The second kappa shape index (κ2) is 6.12. The van der Waals surface area contributed by atoms with Gasteiger partial charge in [0.15, 0.2) is 0 Å². The predicted octanol–water partition coefficient (Wildman–Crippen LogP) is 4.72. The minimum atomic E-state index is -2.69. The van der Waals surface area contributed by atoms with E-state index in [2.05, 4.69) is 56.5 Å². The van der Waals surface area contributed by atoms with E-state index in [1.807, 2.05) is 0 Å². The Morgan fingerprint density at radius 3 is 2.56 bits per heavy atom. The third-order valence-corrected chi connectivity index (χ3v) is 9.47. The van der Waals surface area contributed by atoms with Gasteiger partial charge in [0.25, 0.3) is 0 Å². The first kappa shape index (κ1) is 15.9. The van der Waals surface area contributed by atoms with Gasteiger partial charge in [-0.1, -0.05) is 42.8 Å². The van der Waals surface area contributed by atoms with Gasteiger partial charge >= 0.3 is 7.59 Å². The highest BCUT2D eigenvalue weighted by Gasteiger charge is 2.54. The Morgan fingerprint density at radius 1 is 0.880 bits per heavy atom. The molecule has 0 amide bonds. The molecule has 3 heterocycles. The van der Waals surface area contributed by atoms with Gasteiger partial charge in [0, 0.05) is 37.6 Å². The Kier molecular flexibility index (Phi) is 3.89. The zero-order chi connectivity index (χ0) is 16.9. The van der Waals surface area contributed by atoms with Gasteiger partial charge in [0.1, 0.15) is 0 Å². The molecule has 5 rings (SSSR count). The molecule has 0 saturated carbocycles. The molecule has 25 heavy (non-hydrogen) atoms. The summed E-state index contributed by atoms with van der Waals surface area (Å²) in [7, 11) is -2.69. The molecule has 2 aromatic carbocycles. The minimum Gasteiger partial charge on any atom is -0.297 e. The van der Waals surface area contributed by atoms with Crippen molar-refractivity contribution in [1.29, 1.82) is 0 Å². The van der Waals surface area contributed by atoms with Crippen LogP contribution in [0.4, 0.5) is 5.69 Å². The second-order valence-corrected chi connectivity index (χ2v) is 10.2. The molecule has 3 saturated heterocycles. The van der Waals surface area contributed by atoms with Crippen molar-refractivity contribution in [1.82, 2.24) is 9.34 Å². The zero-order valence-electron chi connectivity index (χ0n) is 14.7. The van der Waals surface area contributed by atoms with E-state index >= 15 is 0 Å². The van der Waals surface area contributed by atoms with Crippen molar-refractivity contribution in [3.8, 4) is 0 Å². The summed E-state index contributed by atoms with van der Waals surface area (Å²) in [5.74, 6) is 0. The van der Waals surface area contributed by atoms with Crippen molar-refractivity contribution >= 4 is 24.1 Å². The van der Waals surface area contributed by atoms with Crippen molar-refractivity contribution < 1.29 is 4.57 Å². The summed E-state index contributed by atoms with van der Waals surface area (Å²) in [5, 5.41) is 2.46. The van der Waals surface area contributed by atoms with Gasteiger partial charge in [-0.05, 0) is 37.1 Å². The van der Waals surface area contributed by atoms with E-state index in [0.29, 0.717) is 6.04 Å². The van der Waals surface area contributed by atoms with Crippen LogP contribution in [-0.2, 0) is 4.57 Å². The summed E-state index contributed by atoms with van der Waals surface area (Å²) < 4.78 is 21.5. The number of piperidine rings is 1.